The van der Waals surface area contributed by atoms with Gasteiger partial charge in [0.25, 0.3) is 0 Å². The van der Waals surface area contributed by atoms with Crippen LogP contribution in [0.3, 0.4) is 0 Å². The molecule has 1 atom stereocenters. The Hall–Kier alpha value is -0.640. The first-order valence-electron chi connectivity index (χ1n) is 5.18. The minimum atomic E-state index is -0.989. The summed E-state index contributed by atoms with van der Waals surface area (Å²) in [6, 6.07) is 4.16. The molecular weight excluding hydrogens is 231 g/mol. The minimum absolute atomic E-state index is 0.233. The number of aliphatic hydroxyl groups is 1. The number of rotatable bonds is 5. The molecule has 0 fully saturated rings. The van der Waals surface area contributed by atoms with Crippen LogP contribution in [0.4, 0.5) is 4.39 Å². The molecule has 1 aromatic carbocycles. The van der Waals surface area contributed by atoms with Gasteiger partial charge in [-0.3, -0.25) is 0 Å². The summed E-state index contributed by atoms with van der Waals surface area (Å²) in [5.41, 5.74) is -0.273. The van der Waals surface area contributed by atoms with Crippen LogP contribution in [0.15, 0.2) is 18.2 Å². The molecule has 0 heterocycles. The van der Waals surface area contributed by atoms with Crippen molar-refractivity contribution in [2.75, 3.05) is 13.2 Å². The molecule has 1 rings (SSSR count). The van der Waals surface area contributed by atoms with Gasteiger partial charge in [0.05, 0.1) is 12.2 Å². The van der Waals surface area contributed by atoms with Crippen LogP contribution in [-0.4, -0.2) is 23.9 Å². The second-order valence-electron chi connectivity index (χ2n) is 4.05. The predicted octanol–water partition coefficient (Wildman–Crippen LogP) is 2.81. The molecule has 1 N–H and O–H groups in total. The second-order valence-corrected chi connectivity index (χ2v) is 4.45. The number of halogens is 2. The third kappa shape index (κ3) is 4.08. The fraction of sp³-hybridized carbons (Fsp3) is 0.500. The molecule has 0 aliphatic heterocycles. The standard InChI is InChI=1S/C12H16ClFO2/c1-3-16-8-12(2,15)7-9-4-5-10(14)6-11(9)13/h4-6,15H,3,7-8H2,1-2H3. The topological polar surface area (TPSA) is 29.5 Å². The maximum atomic E-state index is 12.8. The second kappa shape index (κ2) is 5.62. The number of hydrogen-bond acceptors (Lipinski definition) is 2. The van der Waals surface area contributed by atoms with Crippen molar-refractivity contribution in [3.63, 3.8) is 0 Å². The van der Waals surface area contributed by atoms with Crippen LogP contribution in [0.25, 0.3) is 0 Å². The molecule has 0 saturated carbocycles. The summed E-state index contributed by atoms with van der Waals surface area (Å²) in [5.74, 6) is -0.377. The van der Waals surface area contributed by atoms with Crippen molar-refractivity contribution in [2.24, 2.45) is 0 Å². The fourth-order valence-electron chi connectivity index (χ4n) is 1.45. The molecule has 16 heavy (non-hydrogen) atoms. The van der Waals surface area contributed by atoms with E-state index in [9.17, 15) is 9.50 Å². The molecule has 0 amide bonds. The highest BCUT2D eigenvalue weighted by atomic mass is 35.5. The van der Waals surface area contributed by atoms with Crippen molar-refractivity contribution in [3.05, 3.63) is 34.6 Å². The van der Waals surface area contributed by atoms with E-state index < -0.39 is 5.60 Å². The lowest BCUT2D eigenvalue weighted by molar-refractivity contribution is -0.0296. The Kier molecular flexibility index (Phi) is 4.71. The van der Waals surface area contributed by atoms with Gasteiger partial charge in [-0.05, 0) is 31.5 Å². The Morgan fingerprint density at radius 2 is 2.19 bits per heavy atom. The molecule has 0 aliphatic rings. The van der Waals surface area contributed by atoms with Crippen LogP contribution in [0.5, 0.6) is 0 Å². The Morgan fingerprint density at radius 3 is 2.75 bits per heavy atom. The Balaban J connectivity index is 2.71. The van der Waals surface area contributed by atoms with Gasteiger partial charge in [0.1, 0.15) is 5.82 Å². The smallest absolute Gasteiger partial charge is 0.124 e. The van der Waals surface area contributed by atoms with Gasteiger partial charge in [0.15, 0.2) is 0 Å². The van der Waals surface area contributed by atoms with E-state index in [4.69, 9.17) is 16.3 Å². The van der Waals surface area contributed by atoms with Crippen molar-refractivity contribution < 1.29 is 14.2 Å². The van der Waals surface area contributed by atoms with Gasteiger partial charge in [0, 0.05) is 18.1 Å². The molecule has 2 nitrogen and oxygen atoms in total. The molecule has 0 bridgehead atoms. The third-order valence-corrected chi connectivity index (χ3v) is 2.56. The summed E-state index contributed by atoms with van der Waals surface area (Å²) in [6.07, 6.45) is 0.339. The van der Waals surface area contributed by atoms with Gasteiger partial charge in [0.2, 0.25) is 0 Å². The average molecular weight is 247 g/mol. The van der Waals surface area contributed by atoms with E-state index in [1.54, 1.807) is 13.0 Å². The molecule has 0 aliphatic carbocycles. The minimum Gasteiger partial charge on any atom is -0.387 e. The van der Waals surface area contributed by atoms with Crippen LogP contribution in [0.1, 0.15) is 19.4 Å². The molecule has 90 valence electrons. The predicted molar refractivity (Wildman–Crippen MR) is 62.2 cm³/mol. The largest absolute Gasteiger partial charge is 0.387 e. The van der Waals surface area contributed by atoms with Gasteiger partial charge in [-0.2, -0.15) is 0 Å². The number of ether oxygens (including phenoxy) is 1. The normalized spacial score (nSPS) is 14.8. The molecule has 0 aromatic heterocycles. The van der Waals surface area contributed by atoms with Crippen molar-refractivity contribution in [1.82, 2.24) is 0 Å². The monoisotopic (exact) mass is 246 g/mol. The van der Waals surface area contributed by atoms with Crippen molar-refractivity contribution >= 4 is 11.6 Å². The van der Waals surface area contributed by atoms with Crippen molar-refractivity contribution in [3.8, 4) is 0 Å². The lowest BCUT2D eigenvalue weighted by atomic mass is 9.97. The van der Waals surface area contributed by atoms with Crippen LogP contribution in [-0.2, 0) is 11.2 Å². The van der Waals surface area contributed by atoms with Gasteiger partial charge in [-0.15, -0.1) is 0 Å². The summed E-state index contributed by atoms with van der Waals surface area (Å²) in [6.45, 7) is 4.31. The molecule has 0 saturated heterocycles. The highest BCUT2D eigenvalue weighted by molar-refractivity contribution is 6.31. The molecule has 1 unspecified atom stereocenters. The average Bonchev–Trinajstić information content (AvgIpc) is 2.19. The zero-order valence-corrected chi connectivity index (χ0v) is 10.2. The maximum absolute atomic E-state index is 12.8. The summed E-state index contributed by atoms with van der Waals surface area (Å²) in [5, 5.41) is 10.3. The van der Waals surface area contributed by atoms with Crippen LogP contribution in [0.2, 0.25) is 5.02 Å². The summed E-state index contributed by atoms with van der Waals surface area (Å²) in [7, 11) is 0. The first-order valence-corrected chi connectivity index (χ1v) is 5.56. The number of hydrogen-bond donors (Lipinski definition) is 1. The van der Waals surface area contributed by atoms with E-state index >= 15 is 0 Å². The molecule has 0 spiro atoms. The summed E-state index contributed by atoms with van der Waals surface area (Å²) < 4.78 is 18.0. The summed E-state index contributed by atoms with van der Waals surface area (Å²) in [4.78, 5) is 0. The maximum Gasteiger partial charge on any atom is 0.124 e. The van der Waals surface area contributed by atoms with Crippen LogP contribution in [0, 0.1) is 5.82 Å². The van der Waals surface area contributed by atoms with Gasteiger partial charge in [-0.25, -0.2) is 4.39 Å². The molecule has 4 heteroatoms. The van der Waals surface area contributed by atoms with Crippen LogP contribution < -0.4 is 0 Å². The Labute approximate surface area is 100.0 Å². The first-order chi connectivity index (χ1) is 7.44. The van der Waals surface area contributed by atoms with Crippen molar-refractivity contribution in [2.45, 2.75) is 25.9 Å². The fourth-order valence-corrected chi connectivity index (χ4v) is 1.68. The van der Waals surface area contributed by atoms with Gasteiger partial charge >= 0.3 is 0 Å². The third-order valence-electron chi connectivity index (χ3n) is 2.20. The van der Waals surface area contributed by atoms with E-state index in [2.05, 4.69) is 0 Å². The van der Waals surface area contributed by atoms with E-state index in [0.717, 1.165) is 0 Å². The molecule has 0 radical (unpaired) electrons. The summed E-state index contributed by atoms with van der Waals surface area (Å²) >= 11 is 5.88. The Bertz CT molecular complexity index is 353. The van der Waals surface area contributed by atoms with Gasteiger partial charge < -0.3 is 9.84 Å². The van der Waals surface area contributed by atoms with E-state index in [0.29, 0.717) is 23.6 Å². The van der Waals surface area contributed by atoms with Gasteiger partial charge in [-0.1, -0.05) is 17.7 Å². The quantitative estimate of drug-likeness (QED) is 0.866. The van der Waals surface area contributed by atoms with E-state index in [1.807, 2.05) is 6.92 Å². The van der Waals surface area contributed by atoms with E-state index in [1.165, 1.54) is 12.1 Å². The lowest BCUT2D eigenvalue weighted by Gasteiger charge is -2.23. The highest BCUT2D eigenvalue weighted by Crippen LogP contribution is 2.22. The molecule has 1 aromatic rings. The number of benzene rings is 1. The zero-order valence-electron chi connectivity index (χ0n) is 9.46. The SMILES string of the molecule is CCOCC(C)(O)Cc1ccc(F)cc1Cl. The van der Waals surface area contributed by atoms with Crippen LogP contribution >= 0.6 is 11.6 Å². The first kappa shape index (κ1) is 13.4. The van der Waals surface area contributed by atoms with E-state index in [-0.39, 0.29) is 12.4 Å². The zero-order chi connectivity index (χ0) is 12.2. The Morgan fingerprint density at radius 1 is 1.50 bits per heavy atom. The molecular formula is C12H16ClFO2. The lowest BCUT2D eigenvalue weighted by Crippen LogP contribution is -2.33. The highest BCUT2D eigenvalue weighted by Gasteiger charge is 2.22. The van der Waals surface area contributed by atoms with Crippen molar-refractivity contribution in [1.29, 1.82) is 0 Å².